The molecular weight excluding hydrogens is 343 g/mol. The normalized spacial score (nSPS) is 10.8. The number of aromatic nitrogens is 3. The van der Waals surface area contributed by atoms with Crippen molar-refractivity contribution in [3.8, 4) is 11.3 Å². The van der Waals surface area contributed by atoms with Crippen molar-refractivity contribution in [1.82, 2.24) is 15.4 Å². The van der Waals surface area contributed by atoms with E-state index in [2.05, 4.69) is 27.6 Å². The summed E-state index contributed by atoms with van der Waals surface area (Å²) < 4.78 is 18.3. The Balaban J connectivity index is 1.64. The van der Waals surface area contributed by atoms with Crippen LogP contribution in [0.25, 0.3) is 11.3 Å². The minimum absolute atomic E-state index is 0.0296. The molecule has 0 aliphatic rings. The molecule has 2 heterocycles. The number of hydrogen-bond donors (Lipinski definition) is 1. The lowest BCUT2D eigenvalue weighted by Crippen LogP contribution is -2.10. The number of nitrogens with one attached hydrogen (secondary N) is 1. The van der Waals surface area contributed by atoms with Gasteiger partial charge in [0.2, 0.25) is 10.9 Å². The Morgan fingerprint density at radius 3 is 2.96 bits per heavy atom. The highest BCUT2D eigenvalue weighted by molar-refractivity contribution is 7.15. The van der Waals surface area contributed by atoms with Crippen molar-refractivity contribution >= 4 is 22.4 Å². The Hall–Kier alpha value is -2.61. The third-order valence-electron chi connectivity index (χ3n) is 3.54. The molecule has 8 heteroatoms. The van der Waals surface area contributed by atoms with E-state index in [9.17, 15) is 9.18 Å². The van der Waals surface area contributed by atoms with E-state index >= 15 is 0 Å². The van der Waals surface area contributed by atoms with Crippen molar-refractivity contribution in [2.45, 2.75) is 32.6 Å². The van der Waals surface area contributed by atoms with E-state index in [1.165, 1.54) is 29.5 Å². The van der Waals surface area contributed by atoms with Gasteiger partial charge >= 0.3 is 0 Å². The van der Waals surface area contributed by atoms with Crippen LogP contribution in [-0.4, -0.2) is 21.3 Å². The van der Waals surface area contributed by atoms with Gasteiger partial charge < -0.3 is 4.52 Å². The number of nitrogens with zero attached hydrogens (tertiary/aromatic N) is 3. The first-order valence-electron chi connectivity index (χ1n) is 8.02. The lowest BCUT2D eigenvalue weighted by molar-refractivity contribution is 0.0988. The Labute approximate surface area is 148 Å². The fraction of sp³-hybridized carbons (Fsp3) is 0.294. The number of aryl methyl sites for hydroxylation is 1. The molecule has 0 spiro atoms. The van der Waals surface area contributed by atoms with Crippen molar-refractivity contribution in [1.29, 1.82) is 0 Å². The van der Waals surface area contributed by atoms with Gasteiger partial charge in [0.15, 0.2) is 0 Å². The molecule has 0 radical (unpaired) electrons. The number of rotatable bonds is 7. The first kappa shape index (κ1) is 17.2. The summed E-state index contributed by atoms with van der Waals surface area (Å²) in [6.45, 7) is 2.14. The van der Waals surface area contributed by atoms with Gasteiger partial charge in [-0.15, -0.1) is 10.2 Å². The second-order valence-electron chi connectivity index (χ2n) is 5.50. The summed E-state index contributed by atoms with van der Waals surface area (Å²) in [6.07, 6.45) is 4.19. The molecule has 3 rings (SSSR count). The molecule has 0 unspecified atom stereocenters. The zero-order valence-electron chi connectivity index (χ0n) is 13.7. The van der Waals surface area contributed by atoms with Gasteiger partial charge in [-0.2, -0.15) is 0 Å². The van der Waals surface area contributed by atoms with Crippen LogP contribution in [-0.2, 0) is 6.42 Å². The van der Waals surface area contributed by atoms with E-state index in [0.29, 0.717) is 16.4 Å². The van der Waals surface area contributed by atoms with Gasteiger partial charge in [0.1, 0.15) is 16.5 Å². The minimum atomic E-state index is -0.466. The highest BCUT2D eigenvalue weighted by Crippen LogP contribution is 2.22. The molecule has 130 valence electrons. The molecule has 3 aromatic rings. The minimum Gasteiger partial charge on any atom is -0.350 e. The van der Waals surface area contributed by atoms with Gasteiger partial charge in [0, 0.05) is 18.1 Å². The number of hydrogen-bond acceptors (Lipinski definition) is 6. The molecule has 0 aliphatic carbocycles. The first-order valence-corrected chi connectivity index (χ1v) is 8.83. The van der Waals surface area contributed by atoms with Gasteiger partial charge in [-0.25, -0.2) is 4.39 Å². The second kappa shape index (κ2) is 7.98. The van der Waals surface area contributed by atoms with Crippen molar-refractivity contribution in [2.75, 3.05) is 5.32 Å². The van der Waals surface area contributed by atoms with E-state index < -0.39 is 5.91 Å². The lowest BCUT2D eigenvalue weighted by Gasteiger charge is -1.95. The van der Waals surface area contributed by atoms with Crippen molar-refractivity contribution in [3.63, 3.8) is 0 Å². The molecule has 0 aliphatic heterocycles. The number of anilines is 1. The Morgan fingerprint density at radius 1 is 1.28 bits per heavy atom. The van der Waals surface area contributed by atoms with Crippen molar-refractivity contribution < 1.29 is 13.7 Å². The number of carbonyl (C=O) groups is 1. The van der Waals surface area contributed by atoms with Gasteiger partial charge in [-0.3, -0.25) is 10.1 Å². The zero-order valence-corrected chi connectivity index (χ0v) is 14.5. The topological polar surface area (TPSA) is 80.9 Å². The van der Waals surface area contributed by atoms with Crippen LogP contribution in [0.4, 0.5) is 9.52 Å². The average molecular weight is 360 g/mol. The molecule has 1 aromatic carbocycles. The zero-order chi connectivity index (χ0) is 17.6. The van der Waals surface area contributed by atoms with Gasteiger partial charge in [-0.05, 0) is 18.6 Å². The monoisotopic (exact) mass is 360 g/mol. The number of halogens is 1. The molecule has 1 N–H and O–H groups in total. The molecule has 2 aromatic heterocycles. The Kier molecular flexibility index (Phi) is 5.49. The summed E-state index contributed by atoms with van der Waals surface area (Å²) in [7, 11) is 0. The maximum Gasteiger partial charge on any atom is 0.296 e. The van der Waals surface area contributed by atoms with Gasteiger partial charge in [0.25, 0.3) is 5.91 Å². The lowest BCUT2D eigenvalue weighted by atomic mass is 10.1. The maximum atomic E-state index is 13.3. The van der Waals surface area contributed by atoms with Crippen LogP contribution < -0.4 is 5.32 Å². The third kappa shape index (κ3) is 4.48. The first-order chi connectivity index (χ1) is 12.2. The average Bonchev–Trinajstić information content (AvgIpc) is 3.25. The van der Waals surface area contributed by atoms with Gasteiger partial charge in [0.05, 0.1) is 0 Å². The van der Waals surface area contributed by atoms with Crippen molar-refractivity contribution in [2.24, 2.45) is 0 Å². The summed E-state index contributed by atoms with van der Waals surface area (Å²) in [4.78, 5) is 12.2. The summed E-state index contributed by atoms with van der Waals surface area (Å²) >= 11 is 1.35. The van der Waals surface area contributed by atoms with Crippen LogP contribution in [0.5, 0.6) is 0 Å². The van der Waals surface area contributed by atoms with Crippen LogP contribution in [0.3, 0.4) is 0 Å². The molecular formula is C17H17FN4O2S. The van der Waals surface area contributed by atoms with E-state index in [-0.39, 0.29) is 11.6 Å². The number of unbranched alkanes of at least 4 members (excludes halogenated alkanes) is 2. The smallest absolute Gasteiger partial charge is 0.296 e. The number of amides is 1. The molecule has 0 fully saturated rings. The second-order valence-corrected chi connectivity index (χ2v) is 6.56. The largest absolute Gasteiger partial charge is 0.350 e. The fourth-order valence-electron chi connectivity index (χ4n) is 2.26. The predicted molar refractivity (Wildman–Crippen MR) is 93.0 cm³/mol. The maximum absolute atomic E-state index is 13.3. The SMILES string of the molecule is CCCCCc1nnc(NC(=O)c2cc(-c3cccc(F)c3)no2)s1. The highest BCUT2D eigenvalue weighted by Gasteiger charge is 2.16. The molecule has 0 atom stereocenters. The highest BCUT2D eigenvalue weighted by atomic mass is 32.1. The van der Waals surface area contributed by atoms with E-state index in [4.69, 9.17) is 4.52 Å². The van der Waals surface area contributed by atoms with Crippen LogP contribution in [0.2, 0.25) is 0 Å². The van der Waals surface area contributed by atoms with Crippen LogP contribution in [0, 0.1) is 5.82 Å². The summed E-state index contributed by atoms with van der Waals surface area (Å²) in [6, 6.07) is 7.39. The van der Waals surface area contributed by atoms with Crippen LogP contribution in [0.15, 0.2) is 34.9 Å². The summed E-state index contributed by atoms with van der Waals surface area (Å²) in [5.74, 6) is -0.815. The molecule has 6 nitrogen and oxygen atoms in total. The fourth-order valence-corrected chi connectivity index (χ4v) is 3.03. The quantitative estimate of drug-likeness (QED) is 0.635. The Bertz CT molecular complexity index is 862. The molecule has 0 saturated heterocycles. The third-order valence-corrected chi connectivity index (χ3v) is 4.43. The van der Waals surface area contributed by atoms with Crippen LogP contribution in [0.1, 0.15) is 41.7 Å². The van der Waals surface area contributed by atoms with E-state index in [0.717, 1.165) is 30.7 Å². The van der Waals surface area contributed by atoms with Gasteiger partial charge in [-0.1, -0.05) is 48.4 Å². The van der Waals surface area contributed by atoms with Crippen LogP contribution >= 0.6 is 11.3 Å². The standard InChI is InChI=1S/C17H17FN4O2S/c1-2-3-4-8-15-20-21-17(25-15)19-16(23)14-10-13(22-24-14)11-6-5-7-12(18)9-11/h5-7,9-10H,2-4,8H2,1H3,(H,19,21,23). The molecule has 0 bridgehead atoms. The van der Waals surface area contributed by atoms with E-state index in [1.807, 2.05) is 0 Å². The predicted octanol–water partition coefficient (Wildman–Crippen LogP) is 4.32. The van der Waals surface area contributed by atoms with E-state index in [1.54, 1.807) is 12.1 Å². The molecule has 1 amide bonds. The molecule has 25 heavy (non-hydrogen) atoms. The van der Waals surface area contributed by atoms with Crippen molar-refractivity contribution in [3.05, 3.63) is 46.9 Å². The molecule has 0 saturated carbocycles. The summed E-state index contributed by atoms with van der Waals surface area (Å²) in [5.41, 5.74) is 0.930. The number of carbonyl (C=O) groups excluding carboxylic acids is 1. The Morgan fingerprint density at radius 2 is 2.16 bits per heavy atom. The number of benzene rings is 1. The summed E-state index contributed by atoms with van der Waals surface area (Å²) in [5, 5.41) is 15.8.